The summed E-state index contributed by atoms with van der Waals surface area (Å²) < 4.78 is 7.35. The van der Waals surface area contributed by atoms with Crippen molar-refractivity contribution in [3.05, 3.63) is 36.9 Å². The number of hydrogen-bond acceptors (Lipinski definition) is 6. The van der Waals surface area contributed by atoms with Gasteiger partial charge in [-0.2, -0.15) is 5.26 Å². The van der Waals surface area contributed by atoms with Crippen molar-refractivity contribution in [1.29, 1.82) is 5.26 Å². The number of nitrogens with one attached hydrogen (secondary N) is 1. The van der Waals surface area contributed by atoms with E-state index in [4.69, 9.17) is 4.74 Å². The van der Waals surface area contributed by atoms with Gasteiger partial charge in [0.1, 0.15) is 11.3 Å². The third kappa shape index (κ3) is 4.80. The van der Waals surface area contributed by atoms with Gasteiger partial charge < -0.3 is 10.1 Å². The summed E-state index contributed by atoms with van der Waals surface area (Å²) in [6, 6.07) is 9.91. The molecule has 29 heavy (non-hydrogen) atoms. The van der Waals surface area contributed by atoms with Crippen molar-refractivity contribution in [1.82, 2.24) is 20.1 Å². The fraction of sp³-hybridized carbons (Fsp3) is 0.429. The van der Waals surface area contributed by atoms with Crippen LogP contribution in [0.15, 0.2) is 42.1 Å². The average Bonchev–Trinajstić information content (AvgIpc) is 3.15. The molecule has 8 heteroatoms. The van der Waals surface area contributed by atoms with Crippen LogP contribution in [-0.2, 0) is 11.3 Å². The van der Waals surface area contributed by atoms with Gasteiger partial charge in [-0.15, -0.1) is 16.8 Å². The number of amides is 1. The summed E-state index contributed by atoms with van der Waals surface area (Å²) in [4.78, 5) is 12.5. The molecule has 7 nitrogen and oxygen atoms in total. The lowest BCUT2D eigenvalue weighted by molar-refractivity contribution is -0.120. The van der Waals surface area contributed by atoms with Crippen molar-refractivity contribution in [3.8, 4) is 23.2 Å². The van der Waals surface area contributed by atoms with Crippen LogP contribution in [-0.4, -0.2) is 39.1 Å². The molecule has 1 amide bonds. The lowest BCUT2D eigenvalue weighted by atomic mass is 9.83. The predicted molar refractivity (Wildman–Crippen MR) is 113 cm³/mol. The van der Waals surface area contributed by atoms with Crippen molar-refractivity contribution >= 4 is 17.7 Å². The van der Waals surface area contributed by atoms with Crippen molar-refractivity contribution in [2.75, 3.05) is 12.9 Å². The zero-order valence-corrected chi connectivity index (χ0v) is 17.4. The summed E-state index contributed by atoms with van der Waals surface area (Å²) >= 11 is 1.30. The fourth-order valence-corrected chi connectivity index (χ4v) is 4.32. The number of allylic oxidation sites excluding steroid dienone is 1. The Kier molecular flexibility index (Phi) is 6.94. The fourth-order valence-electron chi connectivity index (χ4n) is 3.57. The van der Waals surface area contributed by atoms with Crippen molar-refractivity contribution < 1.29 is 9.53 Å². The number of aromatic nitrogens is 3. The van der Waals surface area contributed by atoms with Crippen LogP contribution in [0.3, 0.4) is 0 Å². The molecule has 0 radical (unpaired) electrons. The number of hydrogen-bond donors (Lipinski definition) is 1. The molecule has 0 atom stereocenters. The van der Waals surface area contributed by atoms with E-state index < -0.39 is 5.54 Å². The number of nitriles is 1. The second kappa shape index (κ2) is 9.61. The van der Waals surface area contributed by atoms with Gasteiger partial charge in [0.25, 0.3) is 0 Å². The average molecular weight is 412 g/mol. The third-order valence-electron chi connectivity index (χ3n) is 5.01. The minimum absolute atomic E-state index is 0.162. The molecule has 1 saturated carbocycles. The highest BCUT2D eigenvalue weighted by Gasteiger charge is 2.33. The van der Waals surface area contributed by atoms with Crippen LogP contribution in [0.1, 0.15) is 32.1 Å². The smallest absolute Gasteiger partial charge is 0.231 e. The molecule has 0 saturated heterocycles. The number of methoxy groups -OCH3 is 1. The molecule has 1 N–H and O–H groups in total. The van der Waals surface area contributed by atoms with Crippen LogP contribution in [0.4, 0.5) is 0 Å². The largest absolute Gasteiger partial charge is 0.496 e. The molecule has 1 fully saturated rings. The zero-order valence-electron chi connectivity index (χ0n) is 16.6. The maximum Gasteiger partial charge on any atom is 0.231 e. The number of benzene rings is 1. The van der Waals surface area contributed by atoms with E-state index in [9.17, 15) is 10.1 Å². The number of carbonyl (C=O) groups is 1. The Bertz CT molecular complexity index is 912. The van der Waals surface area contributed by atoms with E-state index >= 15 is 0 Å². The molecule has 0 spiro atoms. The van der Waals surface area contributed by atoms with Gasteiger partial charge in [-0.1, -0.05) is 49.2 Å². The first-order valence-corrected chi connectivity index (χ1v) is 10.6. The van der Waals surface area contributed by atoms with Crippen LogP contribution in [0, 0.1) is 11.3 Å². The summed E-state index contributed by atoms with van der Waals surface area (Å²) in [5.74, 6) is 1.37. The van der Waals surface area contributed by atoms with E-state index in [1.54, 1.807) is 13.2 Å². The Morgan fingerprint density at radius 1 is 1.38 bits per heavy atom. The zero-order chi connectivity index (χ0) is 20.7. The van der Waals surface area contributed by atoms with Gasteiger partial charge in [0.05, 0.1) is 24.5 Å². The Balaban J connectivity index is 1.74. The summed E-state index contributed by atoms with van der Waals surface area (Å²) in [5, 5.41) is 21.7. The minimum atomic E-state index is -0.729. The molecular weight excluding hydrogens is 386 g/mol. The quantitative estimate of drug-likeness (QED) is 0.527. The second-order valence-electron chi connectivity index (χ2n) is 7.00. The van der Waals surface area contributed by atoms with Crippen LogP contribution < -0.4 is 10.1 Å². The van der Waals surface area contributed by atoms with Crippen LogP contribution in [0.2, 0.25) is 0 Å². The number of nitrogens with zero attached hydrogens (tertiary/aromatic N) is 4. The maximum absolute atomic E-state index is 12.5. The summed E-state index contributed by atoms with van der Waals surface area (Å²) in [7, 11) is 1.61. The number of ether oxygens (including phenoxy) is 1. The first kappa shape index (κ1) is 20.9. The summed E-state index contributed by atoms with van der Waals surface area (Å²) in [6.45, 7) is 4.32. The van der Waals surface area contributed by atoms with Crippen LogP contribution >= 0.6 is 11.8 Å². The van der Waals surface area contributed by atoms with Gasteiger partial charge in [0, 0.05) is 6.54 Å². The molecular formula is C21H25N5O2S. The lowest BCUT2D eigenvalue weighted by Crippen LogP contribution is -2.49. The second-order valence-corrected chi connectivity index (χ2v) is 7.94. The molecule has 1 aliphatic carbocycles. The molecule has 0 bridgehead atoms. The van der Waals surface area contributed by atoms with Gasteiger partial charge in [0.15, 0.2) is 11.0 Å². The molecule has 0 unspecified atom stereocenters. The standard InChI is InChI=1S/C21H25N5O2S/c1-3-13-26-19(16-9-5-6-10-17(16)28-2)24-25-20(26)29-14-18(27)23-21(15-22)11-7-4-8-12-21/h3,5-6,9-10H,1,4,7-8,11-14H2,2H3,(H,23,27). The van der Waals surface area contributed by atoms with E-state index in [2.05, 4.69) is 28.2 Å². The number of rotatable bonds is 8. The van der Waals surface area contributed by atoms with Crippen molar-refractivity contribution in [2.24, 2.45) is 0 Å². The van der Waals surface area contributed by atoms with Gasteiger partial charge in [-0.25, -0.2) is 0 Å². The SMILES string of the molecule is C=CCn1c(SCC(=O)NC2(C#N)CCCCC2)nnc1-c1ccccc1OC. The van der Waals surface area contributed by atoms with Crippen LogP contribution in [0.25, 0.3) is 11.4 Å². The molecule has 152 valence electrons. The Morgan fingerprint density at radius 3 is 2.83 bits per heavy atom. The molecule has 1 aromatic carbocycles. The molecule has 2 aromatic rings. The highest BCUT2D eigenvalue weighted by Crippen LogP contribution is 2.31. The van der Waals surface area contributed by atoms with Crippen molar-refractivity contribution in [2.45, 2.75) is 49.3 Å². The Labute approximate surface area is 175 Å². The maximum atomic E-state index is 12.5. The first-order chi connectivity index (χ1) is 14.1. The summed E-state index contributed by atoms with van der Waals surface area (Å²) in [5.41, 5.74) is 0.0963. The van der Waals surface area contributed by atoms with Crippen molar-refractivity contribution in [3.63, 3.8) is 0 Å². The highest BCUT2D eigenvalue weighted by atomic mass is 32.2. The molecule has 3 rings (SSSR count). The van der Waals surface area contributed by atoms with Crippen LogP contribution in [0.5, 0.6) is 5.75 Å². The third-order valence-corrected chi connectivity index (χ3v) is 5.98. The van der Waals surface area contributed by atoms with E-state index in [-0.39, 0.29) is 11.7 Å². The molecule has 1 aromatic heterocycles. The van der Waals surface area contributed by atoms with Gasteiger partial charge in [0.2, 0.25) is 5.91 Å². The predicted octanol–water partition coefficient (Wildman–Crippen LogP) is 3.57. The van der Waals surface area contributed by atoms with Gasteiger partial charge >= 0.3 is 0 Å². The monoisotopic (exact) mass is 411 g/mol. The van der Waals surface area contributed by atoms with E-state index in [1.165, 1.54) is 11.8 Å². The number of thioether (sulfide) groups is 1. The molecule has 1 heterocycles. The van der Waals surface area contributed by atoms with Gasteiger partial charge in [-0.05, 0) is 25.0 Å². The Hall–Kier alpha value is -2.79. The van der Waals surface area contributed by atoms with E-state index in [1.807, 2.05) is 28.8 Å². The van der Waals surface area contributed by atoms with Gasteiger partial charge in [-0.3, -0.25) is 9.36 Å². The number of para-hydroxylation sites is 1. The first-order valence-electron chi connectivity index (χ1n) is 9.65. The normalized spacial score (nSPS) is 15.3. The topological polar surface area (TPSA) is 92.8 Å². The lowest BCUT2D eigenvalue weighted by Gasteiger charge is -2.31. The highest BCUT2D eigenvalue weighted by molar-refractivity contribution is 7.99. The molecule has 0 aliphatic heterocycles. The van der Waals surface area contributed by atoms with E-state index in [0.717, 1.165) is 24.8 Å². The Morgan fingerprint density at radius 2 is 2.14 bits per heavy atom. The minimum Gasteiger partial charge on any atom is -0.496 e. The molecule has 1 aliphatic rings. The number of carbonyl (C=O) groups excluding carboxylic acids is 1. The summed E-state index contributed by atoms with van der Waals surface area (Å²) in [6.07, 6.45) is 6.24. The van der Waals surface area contributed by atoms with E-state index in [0.29, 0.717) is 36.1 Å².